The van der Waals surface area contributed by atoms with Gasteiger partial charge in [0.15, 0.2) is 6.29 Å². The van der Waals surface area contributed by atoms with Crippen LogP contribution in [-0.2, 0) is 9.47 Å². The molecule has 1 saturated heterocycles. The number of thioether (sulfide) groups is 1. The first kappa shape index (κ1) is 8.33. The lowest BCUT2D eigenvalue weighted by molar-refractivity contribution is -0.148. The Labute approximate surface area is 64.7 Å². The van der Waals surface area contributed by atoms with Gasteiger partial charge >= 0.3 is 0 Å². The van der Waals surface area contributed by atoms with E-state index in [1.807, 2.05) is 0 Å². The molecule has 1 N–H and O–H groups in total. The molecule has 1 aliphatic heterocycles. The Morgan fingerprint density at radius 3 is 3.10 bits per heavy atom. The molecular formula is C6H12O3S. The number of hydrogen-bond donors (Lipinski definition) is 1. The molecule has 0 radical (unpaired) electrons. The Hall–Kier alpha value is 0.230. The van der Waals surface area contributed by atoms with Gasteiger partial charge in [-0.1, -0.05) is 0 Å². The Kier molecular flexibility index (Phi) is 3.48. The van der Waals surface area contributed by atoms with Crippen LogP contribution in [-0.4, -0.2) is 42.7 Å². The number of aliphatic hydroxyl groups is 1. The van der Waals surface area contributed by atoms with E-state index in [1.54, 1.807) is 18.9 Å². The summed E-state index contributed by atoms with van der Waals surface area (Å²) in [5.41, 5.74) is 0. The second kappa shape index (κ2) is 4.18. The number of aliphatic hydroxyl groups excluding tert-OH is 1. The van der Waals surface area contributed by atoms with E-state index in [-0.39, 0.29) is 19.0 Å². The fraction of sp³-hybridized carbons (Fsp3) is 1.00. The van der Waals surface area contributed by atoms with Gasteiger partial charge in [-0.05, 0) is 0 Å². The molecule has 0 bridgehead atoms. The van der Waals surface area contributed by atoms with Crippen LogP contribution in [0.4, 0.5) is 0 Å². The van der Waals surface area contributed by atoms with Gasteiger partial charge in [0.1, 0.15) is 0 Å². The quantitative estimate of drug-likeness (QED) is 0.627. The molecule has 0 amide bonds. The Bertz CT molecular complexity index is 89.0. The lowest BCUT2D eigenvalue weighted by Gasteiger charge is -2.27. The number of rotatable bonds is 2. The van der Waals surface area contributed by atoms with E-state index in [2.05, 4.69) is 0 Å². The van der Waals surface area contributed by atoms with E-state index in [0.717, 1.165) is 11.5 Å². The summed E-state index contributed by atoms with van der Waals surface area (Å²) in [7, 11) is 1.62. The normalized spacial score (nSPS) is 34.2. The molecule has 1 fully saturated rings. The first-order valence-electron chi connectivity index (χ1n) is 3.23. The lowest BCUT2D eigenvalue weighted by atomic mass is 10.4. The van der Waals surface area contributed by atoms with Crippen molar-refractivity contribution in [2.75, 3.05) is 25.2 Å². The van der Waals surface area contributed by atoms with Crippen molar-refractivity contribution in [2.24, 2.45) is 0 Å². The van der Waals surface area contributed by atoms with Crippen molar-refractivity contribution in [3.63, 3.8) is 0 Å². The van der Waals surface area contributed by atoms with Crippen LogP contribution in [0.5, 0.6) is 0 Å². The monoisotopic (exact) mass is 164 g/mol. The zero-order valence-electron chi connectivity index (χ0n) is 5.95. The van der Waals surface area contributed by atoms with Crippen LogP contribution in [0.1, 0.15) is 0 Å². The van der Waals surface area contributed by atoms with Crippen LogP contribution in [0.3, 0.4) is 0 Å². The molecule has 0 spiro atoms. The second-order valence-electron chi connectivity index (χ2n) is 2.14. The van der Waals surface area contributed by atoms with E-state index in [0.29, 0.717) is 0 Å². The number of methoxy groups -OCH3 is 1. The van der Waals surface area contributed by atoms with Crippen LogP contribution in [0.25, 0.3) is 0 Å². The van der Waals surface area contributed by atoms with Crippen LogP contribution in [0, 0.1) is 0 Å². The van der Waals surface area contributed by atoms with Crippen LogP contribution in [0.2, 0.25) is 0 Å². The van der Waals surface area contributed by atoms with Gasteiger partial charge in [-0.3, -0.25) is 0 Å². The van der Waals surface area contributed by atoms with Crippen molar-refractivity contribution in [1.82, 2.24) is 0 Å². The summed E-state index contributed by atoms with van der Waals surface area (Å²) in [5, 5.41) is 8.71. The molecular weight excluding hydrogens is 152 g/mol. The van der Waals surface area contributed by atoms with Gasteiger partial charge in [0.2, 0.25) is 0 Å². The summed E-state index contributed by atoms with van der Waals surface area (Å²) in [6.07, 6.45) is -0.167. The standard InChI is InChI=1S/C6H12O3S/c1-8-6-4-10-3-5(2-7)9-6/h5-7H,2-4H2,1H3/t5-,6+/m1/s1. The van der Waals surface area contributed by atoms with Crippen LogP contribution < -0.4 is 0 Å². The van der Waals surface area contributed by atoms with E-state index >= 15 is 0 Å². The van der Waals surface area contributed by atoms with Gasteiger partial charge in [0.05, 0.1) is 12.7 Å². The van der Waals surface area contributed by atoms with Gasteiger partial charge in [0, 0.05) is 18.6 Å². The highest BCUT2D eigenvalue weighted by Gasteiger charge is 2.21. The molecule has 1 rings (SSSR count). The number of ether oxygens (including phenoxy) is 2. The zero-order valence-corrected chi connectivity index (χ0v) is 6.76. The topological polar surface area (TPSA) is 38.7 Å². The van der Waals surface area contributed by atoms with Crippen molar-refractivity contribution in [2.45, 2.75) is 12.4 Å². The minimum absolute atomic E-state index is 0.0382. The third kappa shape index (κ3) is 2.12. The van der Waals surface area contributed by atoms with Gasteiger partial charge in [-0.15, -0.1) is 0 Å². The first-order chi connectivity index (χ1) is 4.86. The number of hydrogen-bond acceptors (Lipinski definition) is 4. The van der Waals surface area contributed by atoms with Gasteiger partial charge in [-0.25, -0.2) is 0 Å². The van der Waals surface area contributed by atoms with Crippen molar-refractivity contribution in [1.29, 1.82) is 0 Å². The highest BCUT2D eigenvalue weighted by atomic mass is 32.2. The summed E-state index contributed by atoms with van der Waals surface area (Å²) in [5.74, 6) is 1.74. The average molecular weight is 164 g/mol. The van der Waals surface area contributed by atoms with Gasteiger partial charge in [0.25, 0.3) is 0 Å². The first-order valence-corrected chi connectivity index (χ1v) is 4.39. The predicted molar refractivity (Wildman–Crippen MR) is 40.1 cm³/mol. The van der Waals surface area contributed by atoms with Crippen LogP contribution in [0.15, 0.2) is 0 Å². The second-order valence-corrected chi connectivity index (χ2v) is 3.22. The third-order valence-corrected chi connectivity index (χ3v) is 2.48. The Balaban J connectivity index is 2.25. The van der Waals surface area contributed by atoms with Gasteiger partial charge in [-0.2, -0.15) is 11.8 Å². The molecule has 0 aromatic carbocycles. The fourth-order valence-electron chi connectivity index (χ4n) is 0.808. The molecule has 60 valence electrons. The molecule has 0 aromatic rings. The van der Waals surface area contributed by atoms with Gasteiger partial charge < -0.3 is 14.6 Å². The van der Waals surface area contributed by atoms with E-state index in [1.165, 1.54) is 0 Å². The molecule has 0 aromatic heterocycles. The maximum absolute atomic E-state index is 8.71. The van der Waals surface area contributed by atoms with Crippen molar-refractivity contribution in [3.05, 3.63) is 0 Å². The predicted octanol–water partition coefficient (Wildman–Crippen LogP) is 0.0832. The summed E-state index contributed by atoms with van der Waals surface area (Å²) in [4.78, 5) is 0. The molecule has 10 heavy (non-hydrogen) atoms. The minimum atomic E-state index is -0.129. The zero-order chi connectivity index (χ0) is 7.40. The molecule has 3 nitrogen and oxygen atoms in total. The maximum Gasteiger partial charge on any atom is 0.166 e. The summed E-state index contributed by atoms with van der Waals surface area (Å²) < 4.78 is 10.3. The molecule has 1 aliphatic rings. The largest absolute Gasteiger partial charge is 0.394 e. The Morgan fingerprint density at radius 1 is 1.70 bits per heavy atom. The Morgan fingerprint density at radius 2 is 2.50 bits per heavy atom. The van der Waals surface area contributed by atoms with E-state index in [9.17, 15) is 0 Å². The highest BCUT2D eigenvalue weighted by molar-refractivity contribution is 7.99. The summed E-state index contributed by atoms with van der Waals surface area (Å²) in [6, 6.07) is 0. The molecule has 1 heterocycles. The molecule has 2 atom stereocenters. The summed E-state index contributed by atoms with van der Waals surface area (Å²) in [6.45, 7) is 0.0901. The van der Waals surface area contributed by atoms with Crippen LogP contribution >= 0.6 is 11.8 Å². The maximum atomic E-state index is 8.71. The van der Waals surface area contributed by atoms with Crippen molar-refractivity contribution >= 4 is 11.8 Å². The molecule has 0 saturated carbocycles. The molecule has 0 unspecified atom stereocenters. The smallest absolute Gasteiger partial charge is 0.166 e. The van der Waals surface area contributed by atoms with Crippen molar-refractivity contribution in [3.8, 4) is 0 Å². The highest BCUT2D eigenvalue weighted by Crippen LogP contribution is 2.17. The summed E-state index contributed by atoms with van der Waals surface area (Å²) >= 11 is 1.75. The SMILES string of the molecule is CO[C@@H]1CSC[C@@H](CO)O1. The minimum Gasteiger partial charge on any atom is -0.394 e. The lowest BCUT2D eigenvalue weighted by Crippen LogP contribution is -2.34. The molecule has 0 aliphatic carbocycles. The third-order valence-electron chi connectivity index (χ3n) is 1.37. The van der Waals surface area contributed by atoms with E-state index < -0.39 is 0 Å². The fourth-order valence-corrected chi connectivity index (χ4v) is 1.80. The average Bonchev–Trinajstić information content (AvgIpc) is 2.05. The van der Waals surface area contributed by atoms with Crippen molar-refractivity contribution < 1.29 is 14.6 Å². The van der Waals surface area contributed by atoms with E-state index in [4.69, 9.17) is 14.6 Å². The molecule has 4 heteroatoms.